The lowest BCUT2D eigenvalue weighted by Crippen LogP contribution is -2.38. The van der Waals surface area contributed by atoms with Crippen LogP contribution in [-0.2, 0) is 6.54 Å². The van der Waals surface area contributed by atoms with E-state index < -0.39 is 0 Å². The van der Waals surface area contributed by atoms with Crippen LogP contribution in [0.4, 0.5) is 0 Å². The zero-order valence-corrected chi connectivity index (χ0v) is 20.2. The normalized spacial score (nSPS) is 14.3. The van der Waals surface area contributed by atoms with Crippen molar-refractivity contribution in [2.75, 3.05) is 13.1 Å². The molecule has 2 heteroatoms. The number of benzene rings is 1. The number of hydrogen-bond donors (Lipinski definition) is 0. The molecule has 0 N–H and O–H groups in total. The summed E-state index contributed by atoms with van der Waals surface area (Å²) in [7, 11) is 0. The Morgan fingerprint density at radius 2 is 1.33 bits per heavy atom. The average Bonchev–Trinajstić information content (AvgIpc) is 2.71. The first-order valence-corrected chi connectivity index (χ1v) is 11.2. The first kappa shape index (κ1) is 30.4. The molecule has 1 fully saturated rings. The number of rotatable bonds is 3. The molecule has 0 atom stereocenters. The van der Waals surface area contributed by atoms with E-state index in [4.69, 9.17) is 5.26 Å². The van der Waals surface area contributed by atoms with Crippen LogP contribution >= 0.6 is 0 Å². The van der Waals surface area contributed by atoms with Gasteiger partial charge in [-0.3, -0.25) is 4.90 Å². The predicted octanol–water partition coefficient (Wildman–Crippen LogP) is 8.01. The summed E-state index contributed by atoms with van der Waals surface area (Å²) in [5.41, 5.74) is 2.96. The molecule has 0 unspecified atom stereocenters. The molecule has 0 aromatic heterocycles. The van der Waals surface area contributed by atoms with E-state index in [2.05, 4.69) is 62.9 Å². The summed E-state index contributed by atoms with van der Waals surface area (Å²) in [5.74, 6) is 0. The minimum Gasteiger partial charge on any atom is -0.299 e. The van der Waals surface area contributed by atoms with Crippen LogP contribution in [0.1, 0.15) is 99.1 Å². The predicted molar refractivity (Wildman–Crippen MR) is 124 cm³/mol. The van der Waals surface area contributed by atoms with Gasteiger partial charge in [-0.25, -0.2) is 0 Å². The number of nitrogens with zero attached hydrogens (tertiary/aromatic N) is 2. The van der Waals surface area contributed by atoms with Crippen LogP contribution < -0.4 is 0 Å². The first-order valence-electron chi connectivity index (χ1n) is 11.2. The van der Waals surface area contributed by atoms with Crippen molar-refractivity contribution in [1.82, 2.24) is 4.90 Å². The minimum absolute atomic E-state index is 0.249. The largest absolute Gasteiger partial charge is 0.299 e. The van der Waals surface area contributed by atoms with Crippen molar-refractivity contribution < 1.29 is 0 Å². The van der Waals surface area contributed by atoms with Gasteiger partial charge >= 0.3 is 0 Å². The van der Waals surface area contributed by atoms with Crippen LogP contribution in [0.2, 0.25) is 0 Å². The molecule has 1 aromatic carbocycles. The highest BCUT2D eigenvalue weighted by Crippen LogP contribution is 2.34. The SMILES string of the molecule is CC.CC.CC.CCC.Cc1ccc(CN2CCC(C)(CC#N)CC2)cc1. The fraction of sp³-hybridized carbons (Fsp3) is 0.720. The molecule has 1 aromatic rings. The Morgan fingerprint density at radius 3 is 1.70 bits per heavy atom. The summed E-state index contributed by atoms with van der Waals surface area (Å²) in [4.78, 5) is 2.50. The van der Waals surface area contributed by atoms with Gasteiger partial charge < -0.3 is 0 Å². The van der Waals surface area contributed by atoms with E-state index in [1.807, 2.05) is 41.5 Å². The molecule has 1 aliphatic heterocycles. The van der Waals surface area contributed by atoms with Crippen LogP contribution in [0.5, 0.6) is 0 Å². The summed E-state index contributed by atoms with van der Waals surface area (Å²) in [6.45, 7) is 23.9. The maximum Gasteiger partial charge on any atom is 0.0627 e. The van der Waals surface area contributed by atoms with Gasteiger partial charge in [0.25, 0.3) is 0 Å². The van der Waals surface area contributed by atoms with Gasteiger partial charge in [0.15, 0.2) is 0 Å². The quantitative estimate of drug-likeness (QED) is 0.534. The molecule has 0 radical (unpaired) electrons. The minimum atomic E-state index is 0.249. The Kier molecular flexibility index (Phi) is 23.6. The van der Waals surface area contributed by atoms with Crippen molar-refractivity contribution in [3.05, 3.63) is 35.4 Å². The van der Waals surface area contributed by atoms with Crippen molar-refractivity contribution in [3.63, 3.8) is 0 Å². The second kappa shape index (κ2) is 21.0. The second-order valence-electron chi connectivity index (χ2n) is 6.61. The second-order valence-corrected chi connectivity index (χ2v) is 6.61. The van der Waals surface area contributed by atoms with Gasteiger partial charge in [0, 0.05) is 13.0 Å². The Labute approximate surface area is 172 Å². The van der Waals surface area contributed by atoms with Crippen LogP contribution in [0.3, 0.4) is 0 Å². The van der Waals surface area contributed by atoms with Crippen molar-refractivity contribution in [1.29, 1.82) is 5.26 Å². The smallest absolute Gasteiger partial charge is 0.0627 e. The van der Waals surface area contributed by atoms with Crippen LogP contribution in [0, 0.1) is 23.7 Å². The van der Waals surface area contributed by atoms with E-state index >= 15 is 0 Å². The molecule has 0 amide bonds. The fourth-order valence-electron chi connectivity index (χ4n) is 2.57. The van der Waals surface area contributed by atoms with Crippen molar-refractivity contribution >= 4 is 0 Å². The van der Waals surface area contributed by atoms with Gasteiger partial charge in [-0.15, -0.1) is 0 Å². The van der Waals surface area contributed by atoms with Crippen molar-refractivity contribution in [2.24, 2.45) is 5.41 Å². The third kappa shape index (κ3) is 15.4. The molecule has 0 aliphatic carbocycles. The molecule has 0 saturated carbocycles. The van der Waals surface area contributed by atoms with E-state index in [1.165, 1.54) is 17.5 Å². The van der Waals surface area contributed by atoms with E-state index in [0.29, 0.717) is 6.42 Å². The average molecular weight is 377 g/mol. The number of aryl methyl sites for hydroxylation is 1. The van der Waals surface area contributed by atoms with Crippen LogP contribution in [-0.4, -0.2) is 18.0 Å². The van der Waals surface area contributed by atoms with E-state index in [0.717, 1.165) is 32.5 Å². The van der Waals surface area contributed by atoms with E-state index in [1.54, 1.807) is 0 Å². The Morgan fingerprint density at radius 1 is 0.926 bits per heavy atom. The number of hydrogen-bond acceptors (Lipinski definition) is 2. The van der Waals surface area contributed by atoms with E-state index in [-0.39, 0.29) is 5.41 Å². The zero-order chi connectivity index (χ0) is 21.7. The number of piperidine rings is 1. The zero-order valence-electron chi connectivity index (χ0n) is 20.2. The number of likely N-dealkylation sites (tertiary alicyclic amines) is 1. The standard InChI is InChI=1S/C16H22N2.C3H8.3C2H6/c1-14-3-5-15(6-4-14)13-18-11-8-16(2,7-10-17)9-12-18;1-3-2;3*1-2/h3-6H,7-9,11-13H2,1-2H3;3H2,1-2H3;3*1-2H3. The topological polar surface area (TPSA) is 27.0 Å². The summed E-state index contributed by atoms with van der Waals surface area (Å²) in [6.07, 6.45) is 4.24. The van der Waals surface area contributed by atoms with Gasteiger partial charge in [-0.2, -0.15) is 5.26 Å². The highest BCUT2D eigenvalue weighted by molar-refractivity contribution is 5.21. The summed E-state index contributed by atoms with van der Waals surface area (Å²) in [5, 5.41) is 8.85. The van der Waals surface area contributed by atoms with Gasteiger partial charge in [-0.1, -0.05) is 98.6 Å². The summed E-state index contributed by atoms with van der Waals surface area (Å²) >= 11 is 0. The maximum absolute atomic E-state index is 8.85. The summed E-state index contributed by atoms with van der Waals surface area (Å²) < 4.78 is 0. The third-order valence-electron chi connectivity index (χ3n) is 4.10. The van der Waals surface area contributed by atoms with Gasteiger partial charge in [-0.05, 0) is 43.8 Å². The first-order chi connectivity index (χ1) is 13.0. The monoisotopic (exact) mass is 376 g/mol. The van der Waals surface area contributed by atoms with Crippen LogP contribution in [0.25, 0.3) is 0 Å². The molecule has 1 aliphatic rings. The van der Waals surface area contributed by atoms with Crippen molar-refractivity contribution in [2.45, 2.75) is 101 Å². The molecule has 2 nitrogen and oxygen atoms in total. The third-order valence-corrected chi connectivity index (χ3v) is 4.10. The lowest BCUT2D eigenvalue weighted by molar-refractivity contribution is 0.116. The van der Waals surface area contributed by atoms with Crippen molar-refractivity contribution in [3.8, 4) is 6.07 Å². The Hall–Kier alpha value is -1.33. The Balaban J connectivity index is -0.000000555. The molecule has 1 saturated heterocycles. The van der Waals surface area contributed by atoms with Gasteiger partial charge in [0.2, 0.25) is 0 Å². The highest BCUT2D eigenvalue weighted by atomic mass is 15.1. The molecular formula is C25H48N2. The fourth-order valence-corrected chi connectivity index (χ4v) is 2.57. The molecule has 0 bridgehead atoms. The molecular weight excluding hydrogens is 328 g/mol. The highest BCUT2D eigenvalue weighted by Gasteiger charge is 2.29. The Bertz CT molecular complexity index is 434. The maximum atomic E-state index is 8.85. The van der Waals surface area contributed by atoms with Gasteiger partial charge in [0.1, 0.15) is 0 Å². The molecule has 1 heterocycles. The van der Waals surface area contributed by atoms with E-state index in [9.17, 15) is 0 Å². The molecule has 27 heavy (non-hydrogen) atoms. The lowest BCUT2D eigenvalue weighted by atomic mass is 9.78. The van der Waals surface area contributed by atoms with Crippen LogP contribution in [0.15, 0.2) is 24.3 Å². The van der Waals surface area contributed by atoms with Gasteiger partial charge in [0.05, 0.1) is 6.07 Å². The molecule has 158 valence electrons. The lowest BCUT2D eigenvalue weighted by Gasteiger charge is -2.38. The molecule has 0 spiro atoms. The molecule has 2 rings (SSSR count). The summed E-state index contributed by atoms with van der Waals surface area (Å²) in [6, 6.07) is 11.1. The number of nitriles is 1.